The van der Waals surface area contributed by atoms with Gasteiger partial charge in [-0.15, -0.1) is 0 Å². The van der Waals surface area contributed by atoms with Gasteiger partial charge in [-0.25, -0.2) is 4.79 Å². The summed E-state index contributed by atoms with van der Waals surface area (Å²) in [6, 6.07) is 7.51. The highest BCUT2D eigenvalue weighted by atomic mass is 16.6. The predicted octanol–water partition coefficient (Wildman–Crippen LogP) is 5.46. The van der Waals surface area contributed by atoms with Crippen molar-refractivity contribution in [3.63, 3.8) is 0 Å². The molecule has 0 aromatic heterocycles. The van der Waals surface area contributed by atoms with Crippen molar-refractivity contribution in [3.8, 4) is 5.75 Å². The molecule has 1 aromatic carbocycles. The maximum Gasteiger partial charge on any atom is 0.411 e. The van der Waals surface area contributed by atoms with E-state index < -0.39 is 6.09 Å². The lowest BCUT2D eigenvalue weighted by Gasteiger charge is -2.28. The molecule has 1 heterocycles. The monoisotopic (exact) mass is 376 g/mol. The van der Waals surface area contributed by atoms with Crippen LogP contribution in [0.3, 0.4) is 0 Å². The average molecular weight is 377 g/mol. The molecule has 1 unspecified atom stereocenters. The van der Waals surface area contributed by atoms with Crippen molar-refractivity contribution >= 4 is 11.8 Å². The van der Waals surface area contributed by atoms with E-state index in [1.165, 1.54) is 44.9 Å². The smallest absolute Gasteiger partial charge is 0.411 e. The van der Waals surface area contributed by atoms with Crippen molar-refractivity contribution < 1.29 is 14.3 Å². The second-order valence-electron chi connectivity index (χ2n) is 7.49. The third-order valence-corrected chi connectivity index (χ3v) is 4.87. The number of unbranched alkanes of at least 4 members (excludes halogenated alkanes) is 4. The van der Waals surface area contributed by atoms with Crippen LogP contribution in [0.4, 0.5) is 10.5 Å². The van der Waals surface area contributed by atoms with E-state index in [1.807, 2.05) is 31.2 Å². The molecule has 1 aliphatic rings. The quantitative estimate of drug-likeness (QED) is 0.521. The van der Waals surface area contributed by atoms with Gasteiger partial charge in [0.05, 0.1) is 6.61 Å². The van der Waals surface area contributed by atoms with E-state index in [0.717, 1.165) is 31.8 Å². The lowest BCUT2D eigenvalue weighted by Crippen LogP contribution is -2.37. The van der Waals surface area contributed by atoms with Gasteiger partial charge in [0.15, 0.2) is 0 Å². The van der Waals surface area contributed by atoms with Gasteiger partial charge in [-0.1, -0.05) is 45.1 Å². The molecular weight excluding hydrogens is 340 g/mol. The van der Waals surface area contributed by atoms with Crippen molar-refractivity contribution in [2.75, 3.05) is 31.6 Å². The minimum atomic E-state index is -0.406. The minimum absolute atomic E-state index is 0.120. The van der Waals surface area contributed by atoms with Crippen LogP contribution in [0.1, 0.15) is 65.2 Å². The van der Waals surface area contributed by atoms with Crippen molar-refractivity contribution in [3.05, 3.63) is 24.3 Å². The van der Waals surface area contributed by atoms with Crippen LogP contribution < -0.4 is 10.1 Å². The summed E-state index contributed by atoms with van der Waals surface area (Å²) in [6.45, 7) is 7.89. The van der Waals surface area contributed by atoms with E-state index in [1.54, 1.807) is 0 Å². The second-order valence-corrected chi connectivity index (χ2v) is 7.49. The summed E-state index contributed by atoms with van der Waals surface area (Å²) >= 11 is 0. The fourth-order valence-corrected chi connectivity index (χ4v) is 3.43. The van der Waals surface area contributed by atoms with Gasteiger partial charge in [0, 0.05) is 18.3 Å². The van der Waals surface area contributed by atoms with Gasteiger partial charge >= 0.3 is 6.09 Å². The predicted molar refractivity (Wildman–Crippen MR) is 111 cm³/mol. The van der Waals surface area contributed by atoms with Crippen LogP contribution in [-0.2, 0) is 4.74 Å². The molecular formula is C22H36N2O3. The lowest BCUT2D eigenvalue weighted by molar-refractivity contribution is 0.0833. The number of likely N-dealkylation sites (tertiary alicyclic amines) is 1. The Labute approximate surface area is 164 Å². The Balaban J connectivity index is 1.68. The van der Waals surface area contributed by atoms with E-state index in [4.69, 9.17) is 9.47 Å². The molecule has 0 spiro atoms. The Kier molecular flexibility index (Phi) is 10.1. The molecule has 152 valence electrons. The van der Waals surface area contributed by atoms with Crippen LogP contribution in [0.2, 0.25) is 0 Å². The number of carbonyl (C=O) groups is 1. The zero-order valence-corrected chi connectivity index (χ0v) is 17.0. The molecule has 2 rings (SSSR count). The van der Waals surface area contributed by atoms with Crippen molar-refractivity contribution in [1.29, 1.82) is 0 Å². The largest absolute Gasteiger partial charge is 0.494 e. The first kappa shape index (κ1) is 21.5. The zero-order valence-electron chi connectivity index (χ0n) is 17.0. The molecule has 1 amide bonds. The number of hydrogen-bond acceptors (Lipinski definition) is 4. The molecule has 5 nitrogen and oxygen atoms in total. The molecule has 0 saturated carbocycles. The number of nitrogens with one attached hydrogen (secondary N) is 1. The van der Waals surface area contributed by atoms with Gasteiger partial charge in [-0.05, 0) is 51.4 Å². The summed E-state index contributed by atoms with van der Waals surface area (Å²) in [7, 11) is 0. The van der Waals surface area contributed by atoms with E-state index in [0.29, 0.717) is 12.3 Å². The van der Waals surface area contributed by atoms with Crippen molar-refractivity contribution in [2.45, 2.75) is 71.3 Å². The summed E-state index contributed by atoms with van der Waals surface area (Å²) in [4.78, 5) is 14.5. The number of ether oxygens (including phenoxy) is 2. The number of hydrogen-bond donors (Lipinski definition) is 1. The molecule has 1 N–H and O–H groups in total. The van der Waals surface area contributed by atoms with Gasteiger partial charge in [0.25, 0.3) is 0 Å². The number of piperidine rings is 1. The maximum atomic E-state index is 12.1. The number of anilines is 1. The van der Waals surface area contributed by atoms with E-state index in [-0.39, 0.29) is 6.10 Å². The molecule has 1 atom stereocenters. The Morgan fingerprint density at radius 1 is 1.15 bits per heavy atom. The minimum Gasteiger partial charge on any atom is -0.494 e. The average Bonchev–Trinajstić information content (AvgIpc) is 2.65. The number of amides is 1. The molecule has 5 heteroatoms. The first-order valence-corrected chi connectivity index (χ1v) is 10.6. The SMILES string of the molecule is CCCCCCCOc1cccc(NC(=O)OC(C)CN2CCCCC2)c1. The van der Waals surface area contributed by atoms with Crippen LogP contribution in [0.25, 0.3) is 0 Å². The zero-order chi connectivity index (χ0) is 19.3. The Bertz CT molecular complexity index is 544. The summed E-state index contributed by atoms with van der Waals surface area (Å²) in [5.74, 6) is 0.782. The fourth-order valence-electron chi connectivity index (χ4n) is 3.43. The van der Waals surface area contributed by atoms with Gasteiger partial charge in [-0.3, -0.25) is 10.2 Å². The highest BCUT2D eigenvalue weighted by molar-refractivity contribution is 5.84. The summed E-state index contributed by atoms with van der Waals surface area (Å²) in [5.41, 5.74) is 0.702. The standard InChI is InChI=1S/C22H36N2O3/c1-3-4-5-6-10-16-26-21-13-11-12-20(17-21)23-22(25)27-19(2)18-24-14-8-7-9-15-24/h11-13,17,19H,3-10,14-16,18H2,1-2H3,(H,23,25). The Morgan fingerprint density at radius 2 is 1.93 bits per heavy atom. The number of rotatable bonds is 11. The van der Waals surface area contributed by atoms with Crippen LogP contribution in [0.15, 0.2) is 24.3 Å². The lowest BCUT2D eigenvalue weighted by atomic mass is 10.1. The molecule has 0 aliphatic carbocycles. The van der Waals surface area contributed by atoms with Crippen molar-refractivity contribution in [1.82, 2.24) is 4.90 Å². The van der Waals surface area contributed by atoms with E-state index >= 15 is 0 Å². The molecule has 27 heavy (non-hydrogen) atoms. The van der Waals surface area contributed by atoms with E-state index in [2.05, 4.69) is 17.1 Å². The van der Waals surface area contributed by atoms with Crippen LogP contribution in [0, 0.1) is 0 Å². The summed E-state index contributed by atoms with van der Waals surface area (Å²) in [5, 5.41) is 2.81. The first-order valence-electron chi connectivity index (χ1n) is 10.6. The van der Waals surface area contributed by atoms with Gasteiger partial charge in [-0.2, -0.15) is 0 Å². The Hall–Kier alpha value is -1.75. The first-order chi connectivity index (χ1) is 13.2. The van der Waals surface area contributed by atoms with Crippen LogP contribution >= 0.6 is 0 Å². The summed E-state index contributed by atoms with van der Waals surface area (Å²) < 4.78 is 11.3. The third-order valence-electron chi connectivity index (χ3n) is 4.87. The maximum absolute atomic E-state index is 12.1. The highest BCUT2D eigenvalue weighted by Crippen LogP contribution is 2.18. The van der Waals surface area contributed by atoms with Gasteiger partial charge in [0.1, 0.15) is 11.9 Å². The van der Waals surface area contributed by atoms with Gasteiger partial charge in [0.2, 0.25) is 0 Å². The van der Waals surface area contributed by atoms with Crippen LogP contribution in [0.5, 0.6) is 5.75 Å². The van der Waals surface area contributed by atoms with Crippen LogP contribution in [-0.4, -0.2) is 43.3 Å². The molecule has 0 radical (unpaired) electrons. The van der Waals surface area contributed by atoms with Crippen molar-refractivity contribution in [2.24, 2.45) is 0 Å². The molecule has 1 aromatic rings. The Morgan fingerprint density at radius 3 is 2.70 bits per heavy atom. The fraction of sp³-hybridized carbons (Fsp3) is 0.682. The highest BCUT2D eigenvalue weighted by Gasteiger charge is 2.16. The van der Waals surface area contributed by atoms with E-state index in [9.17, 15) is 4.79 Å². The second kappa shape index (κ2) is 12.6. The molecule has 1 saturated heterocycles. The topological polar surface area (TPSA) is 50.8 Å². The number of benzene rings is 1. The van der Waals surface area contributed by atoms with Gasteiger partial charge < -0.3 is 9.47 Å². The molecule has 0 bridgehead atoms. The normalized spacial score (nSPS) is 15.9. The summed E-state index contributed by atoms with van der Waals surface area (Å²) in [6.07, 6.45) is 9.34. The third kappa shape index (κ3) is 9.14. The number of carbonyl (C=O) groups excluding carboxylic acids is 1. The molecule has 1 fully saturated rings. The molecule has 1 aliphatic heterocycles. The number of nitrogens with zero attached hydrogens (tertiary/aromatic N) is 1.